The van der Waals surface area contributed by atoms with Crippen LogP contribution in [0.4, 0.5) is 20.3 Å². The van der Waals surface area contributed by atoms with Crippen LogP contribution in [0.3, 0.4) is 0 Å². The predicted molar refractivity (Wildman–Crippen MR) is 92.8 cm³/mol. The van der Waals surface area contributed by atoms with Gasteiger partial charge < -0.3 is 15.2 Å². The maximum atomic E-state index is 14.9. The van der Waals surface area contributed by atoms with Gasteiger partial charge in [-0.1, -0.05) is 30.3 Å². The first-order chi connectivity index (χ1) is 12.5. The lowest BCUT2D eigenvalue weighted by Crippen LogP contribution is -2.08. The normalized spacial score (nSPS) is 10.4. The van der Waals surface area contributed by atoms with E-state index in [2.05, 4.69) is 10.3 Å². The fourth-order valence-corrected chi connectivity index (χ4v) is 2.54. The number of aromatic nitrogens is 1. The molecule has 132 valence electrons. The van der Waals surface area contributed by atoms with E-state index in [1.165, 1.54) is 25.4 Å². The molecule has 3 aromatic rings. The number of nitrogens with one attached hydrogen (secondary N) is 1. The van der Waals surface area contributed by atoms with Gasteiger partial charge in [-0.25, -0.2) is 18.6 Å². The fraction of sp³-hybridized carbons (Fsp3) is 0.0526. The van der Waals surface area contributed by atoms with Crippen molar-refractivity contribution in [2.24, 2.45) is 0 Å². The standard InChI is InChI=1S/C19H14F2N2O3/c1-26-17-13(11-6-3-2-4-7-11)10-14(20)16(15(17)21)23-18-12(19(24)25)8-5-9-22-18/h2-10H,1H3,(H,22,23)(H,24,25). The van der Waals surface area contributed by atoms with Gasteiger partial charge in [-0.3, -0.25) is 0 Å². The molecule has 0 saturated carbocycles. The van der Waals surface area contributed by atoms with Crippen LogP contribution in [0.25, 0.3) is 11.1 Å². The first-order valence-electron chi connectivity index (χ1n) is 7.59. The van der Waals surface area contributed by atoms with Gasteiger partial charge in [0.15, 0.2) is 17.4 Å². The molecule has 0 amide bonds. The molecule has 26 heavy (non-hydrogen) atoms. The topological polar surface area (TPSA) is 71.5 Å². The Morgan fingerprint density at radius 1 is 1.15 bits per heavy atom. The van der Waals surface area contributed by atoms with Crippen LogP contribution in [0, 0.1) is 11.6 Å². The second-order valence-corrected chi connectivity index (χ2v) is 5.32. The monoisotopic (exact) mass is 356 g/mol. The molecule has 0 fully saturated rings. The highest BCUT2D eigenvalue weighted by molar-refractivity contribution is 5.94. The molecule has 1 heterocycles. The van der Waals surface area contributed by atoms with E-state index in [-0.39, 0.29) is 22.7 Å². The number of ether oxygens (including phenoxy) is 1. The van der Waals surface area contributed by atoms with E-state index in [0.29, 0.717) is 5.56 Å². The van der Waals surface area contributed by atoms with E-state index in [0.717, 1.165) is 6.07 Å². The van der Waals surface area contributed by atoms with Crippen molar-refractivity contribution in [1.29, 1.82) is 0 Å². The molecular weight excluding hydrogens is 342 g/mol. The van der Waals surface area contributed by atoms with Crippen molar-refractivity contribution in [3.8, 4) is 16.9 Å². The van der Waals surface area contributed by atoms with Gasteiger partial charge >= 0.3 is 5.97 Å². The number of anilines is 2. The molecule has 5 nitrogen and oxygen atoms in total. The van der Waals surface area contributed by atoms with E-state index < -0.39 is 23.3 Å². The summed E-state index contributed by atoms with van der Waals surface area (Å²) in [6, 6.07) is 12.5. The van der Waals surface area contributed by atoms with Crippen molar-refractivity contribution in [3.63, 3.8) is 0 Å². The van der Waals surface area contributed by atoms with Crippen LogP contribution in [-0.2, 0) is 0 Å². The zero-order valence-electron chi connectivity index (χ0n) is 13.7. The SMILES string of the molecule is COc1c(-c2ccccc2)cc(F)c(Nc2ncccc2C(=O)O)c1F. The number of aromatic carboxylic acids is 1. The molecule has 2 N–H and O–H groups in total. The first-order valence-corrected chi connectivity index (χ1v) is 7.59. The summed E-state index contributed by atoms with van der Waals surface area (Å²) >= 11 is 0. The largest absolute Gasteiger partial charge is 0.493 e. The van der Waals surface area contributed by atoms with Crippen LogP contribution in [0.2, 0.25) is 0 Å². The van der Waals surface area contributed by atoms with Gasteiger partial charge in [0.25, 0.3) is 0 Å². The molecule has 2 aromatic carbocycles. The number of carbonyl (C=O) groups is 1. The lowest BCUT2D eigenvalue weighted by molar-refractivity contribution is 0.0697. The predicted octanol–water partition coefficient (Wildman–Crippen LogP) is 4.48. The Bertz CT molecular complexity index is 962. The number of carboxylic acids is 1. The van der Waals surface area contributed by atoms with Gasteiger partial charge in [-0.15, -0.1) is 0 Å². The Labute approximate surface area is 147 Å². The summed E-state index contributed by atoms with van der Waals surface area (Å²) in [5.74, 6) is -3.48. The van der Waals surface area contributed by atoms with E-state index in [1.54, 1.807) is 30.3 Å². The van der Waals surface area contributed by atoms with Crippen molar-refractivity contribution >= 4 is 17.5 Å². The zero-order valence-corrected chi connectivity index (χ0v) is 13.7. The molecule has 0 atom stereocenters. The van der Waals surface area contributed by atoms with E-state index in [9.17, 15) is 18.7 Å². The third-order valence-corrected chi connectivity index (χ3v) is 3.74. The van der Waals surface area contributed by atoms with E-state index in [4.69, 9.17) is 4.74 Å². The number of hydrogen-bond donors (Lipinski definition) is 2. The van der Waals surface area contributed by atoms with Crippen molar-refractivity contribution in [2.75, 3.05) is 12.4 Å². The number of benzene rings is 2. The highest BCUT2D eigenvalue weighted by Gasteiger charge is 2.22. The number of halogens is 2. The molecule has 0 unspecified atom stereocenters. The molecule has 0 aliphatic rings. The summed E-state index contributed by atoms with van der Waals surface area (Å²) in [6.45, 7) is 0. The lowest BCUT2D eigenvalue weighted by Gasteiger charge is -2.16. The van der Waals surface area contributed by atoms with Crippen molar-refractivity contribution < 1.29 is 23.4 Å². The quantitative estimate of drug-likeness (QED) is 0.705. The smallest absolute Gasteiger partial charge is 0.339 e. The van der Waals surface area contributed by atoms with Crippen molar-refractivity contribution in [1.82, 2.24) is 4.98 Å². The molecule has 3 rings (SSSR count). The molecule has 0 bridgehead atoms. The fourth-order valence-electron chi connectivity index (χ4n) is 2.54. The molecule has 0 spiro atoms. The van der Waals surface area contributed by atoms with Crippen LogP contribution in [0.1, 0.15) is 10.4 Å². The maximum absolute atomic E-state index is 14.9. The van der Waals surface area contributed by atoms with Crippen molar-refractivity contribution in [2.45, 2.75) is 0 Å². The molecular formula is C19H14F2N2O3. The highest BCUT2D eigenvalue weighted by Crippen LogP contribution is 2.39. The summed E-state index contributed by atoms with van der Waals surface area (Å²) in [7, 11) is 1.27. The van der Waals surface area contributed by atoms with E-state index >= 15 is 0 Å². The molecule has 7 heteroatoms. The number of rotatable bonds is 5. The van der Waals surface area contributed by atoms with Crippen LogP contribution in [-0.4, -0.2) is 23.2 Å². The van der Waals surface area contributed by atoms with Crippen LogP contribution < -0.4 is 10.1 Å². The summed E-state index contributed by atoms with van der Waals surface area (Å²) in [4.78, 5) is 15.1. The number of methoxy groups -OCH3 is 1. The first kappa shape index (κ1) is 17.3. The summed E-state index contributed by atoms with van der Waals surface area (Å²) in [5, 5.41) is 11.6. The Kier molecular flexibility index (Phi) is 4.79. The second-order valence-electron chi connectivity index (χ2n) is 5.32. The molecule has 0 saturated heterocycles. The minimum atomic E-state index is -1.27. The zero-order chi connectivity index (χ0) is 18.7. The van der Waals surface area contributed by atoms with Gasteiger partial charge in [0.05, 0.1) is 7.11 Å². The van der Waals surface area contributed by atoms with Gasteiger partial charge in [-0.2, -0.15) is 0 Å². The van der Waals surface area contributed by atoms with Crippen LogP contribution in [0.15, 0.2) is 54.7 Å². The molecule has 0 radical (unpaired) electrons. The van der Waals surface area contributed by atoms with Gasteiger partial charge in [0.2, 0.25) is 0 Å². The summed E-state index contributed by atoms with van der Waals surface area (Å²) < 4.78 is 34.6. The second kappa shape index (κ2) is 7.18. The molecule has 0 aliphatic carbocycles. The Morgan fingerprint density at radius 2 is 1.88 bits per heavy atom. The number of pyridine rings is 1. The average molecular weight is 356 g/mol. The summed E-state index contributed by atoms with van der Waals surface area (Å²) in [6.07, 6.45) is 1.32. The number of hydrogen-bond acceptors (Lipinski definition) is 4. The highest BCUT2D eigenvalue weighted by atomic mass is 19.1. The summed E-state index contributed by atoms with van der Waals surface area (Å²) in [5.41, 5.74) is 0.0750. The van der Waals surface area contributed by atoms with Gasteiger partial charge in [0.1, 0.15) is 17.1 Å². The van der Waals surface area contributed by atoms with Gasteiger partial charge in [0, 0.05) is 11.8 Å². The maximum Gasteiger partial charge on any atom is 0.339 e. The Hall–Kier alpha value is -3.48. The van der Waals surface area contributed by atoms with E-state index in [1.807, 2.05) is 0 Å². The van der Waals surface area contributed by atoms with Crippen LogP contribution >= 0.6 is 0 Å². The van der Waals surface area contributed by atoms with Gasteiger partial charge in [-0.05, 0) is 23.8 Å². The van der Waals surface area contributed by atoms with Crippen molar-refractivity contribution in [3.05, 3.63) is 71.9 Å². The molecule has 0 aliphatic heterocycles. The average Bonchev–Trinajstić information content (AvgIpc) is 2.65. The third kappa shape index (κ3) is 3.19. The lowest BCUT2D eigenvalue weighted by atomic mass is 10.0. The minimum Gasteiger partial charge on any atom is -0.493 e. The van der Waals surface area contributed by atoms with Crippen LogP contribution in [0.5, 0.6) is 5.75 Å². The number of nitrogens with zero attached hydrogens (tertiary/aromatic N) is 1. The third-order valence-electron chi connectivity index (χ3n) is 3.74. The number of carboxylic acid groups (broad SMARTS) is 1. The Balaban J connectivity index is 2.12. The minimum absolute atomic E-state index is 0.159. The molecule has 1 aromatic heterocycles. The Morgan fingerprint density at radius 3 is 2.54 bits per heavy atom.